The standard InChI is InChI=1S/C12H21NO4/c1-4-12(16)17-10-6-5-8-13(2,3)9-7-11(14)15/h4H,1,5-10H2,2-3H3/p+1. The first kappa shape index (κ1) is 15.6. The van der Waals surface area contributed by atoms with Crippen LogP contribution in [0.3, 0.4) is 0 Å². The quantitative estimate of drug-likeness (QED) is 0.285. The van der Waals surface area contributed by atoms with Crippen LogP contribution in [0.1, 0.15) is 19.3 Å². The van der Waals surface area contributed by atoms with Crippen LogP contribution in [0.4, 0.5) is 0 Å². The smallest absolute Gasteiger partial charge is 0.330 e. The predicted molar refractivity (Wildman–Crippen MR) is 64.5 cm³/mol. The van der Waals surface area contributed by atoms with Crippen LogP contribution >= 0.6 is 0 Å². The molecule has 0 aliphatic rings. The third kappa shape index (κ3) is 9.56. The first-order chi connectivity index (χ1) is 7.87. The van der Waals surface area contributed by atoms with Gasteiger partial charge in [0.15, 0.2) is 0 Å². The number of rotatable bonds is 9. The molecule has 0 spiro atoms. The predicted octanol–water partition coefficient (Wildman–Crippen LogP) is 1.05. The SMILES string of the molecule is C=CC(=O)OCCCC[N+](C)(C)CCC(=O)O. The Balaban J connectivity index is 3.61. The number of unbranched alkanes of at least 4 members (excludes halogenated alkanes) is 1. The number of carboxylic acid groups (broad SMARTS) is 1. The van der Waals surface area contributed by atoms with Crippen LogP contribution in [-0.2, 0) is 14.3 Å². The van der Waals surface area contributed by atoms with E-state index in [0.29, 0.717) is 17.6 Å². The fraction of sp³-hybridized carbons (Fsp3) is 0.667. The third-order valence-corrected chi connectivity index (χ3v) is 2.50. The summed E-state index contributed by atoms with van der Waals surface area (Å²) in [4.78, 5) is 21.2. The topological polar surface area (TPSA) is 63.6 Å². The van der Waals surface area contributed by atoms with Crippen molar-refractivity contribution in [1.82, 2.24) is 0 Å². The minimum Gasteiger partial charge on any atom is -0.481 e. The van der Waals surface area contributed by atoms with Crippen LogP contribution in [0.15, 0.2) is 12.7 Å². The van der Waals surface area contributed by atoms with E-state index in [2.05, 4.69) is 6.58 Å². The normalized spacial score (nSPS) is 10.9. The summed E-state index contributed by atoms with van der Waals surface area (Å²) in [5.41, 5.74) is 0. The van der Waals surface area contributed by atoms with Gasteiger partial charge in [0.2, 0.25) is 0 Å². The number of carbonyl (C=O) groups excluding carboxylic acids is 1. The van der Waals surface area contributed by atoms with Crippen molar-refractivity contribution in [1.29, 1.82) is 0 Å². The van der Waals surface area contributed by atoms with E-state index in [9.17, 15) is 9.59 Å². The molecule has 0 heterocycles. The maximum Gasteiger partial charge on any atom is 0.330 e. The van der Waals surface area contributed by atoms with E-state index >= 15 is 0 Å². The first-order valence-electron chi connectivity index (χ1n) is 5.70. The second-order valence-electron chi connectivity index (χ2n) is 4.61. The highest BCUT2D eigenvalue weighted by Crippen LogP contribution is 2.03. The van der Waals surface area contributed by atoms with Crippen molar-refractivity contribution in [3.8, 4) is 0 Å². The Morgan fingerprint density at radius 1 is 1.29 bits per heavy atom. The molecule has 0 unspecified atom stereocenters. The van der Waals surface area contributed by atoms with E-state index in [1.807, 2.05) is 14.1 Å². The van der Waals surface area contributed by atoms with Crippen LogP contribution in [0.5, 0.6) is 0 Å². The maximum atomic E-state index is 10.7. The highest BCUT2D eigenvalue weighted by atomic mass is 16.5. The molecule has 0 amide bonds. The first-order valence-corrected chi connectivity index (χ1v) is 5.70. The zero-order valence-electron chi connectivity index (χ0n) is 10.6. The lowest BCUT2D eigenvalue weighted by Crippen LogP contribution is -2.42. The van der Waals surface area contributed by atoms with Gasteiger partial charge in [0.25, 0.3) is 0 Å². The molecule has 0 aliphatic carbocycles. The molecule has 0 rings (SSSR count). The summed E-state index contributed by atoms with van der Waals surface area (Å²) in [6.07, 6.45) is 3.01. The minimum absolute atomic E-state index is 0.179. The fourth-order valence-corrected chi connectivity index (χ4v) is 1.38. The summed E-state index contributed by atoms with van der Waals surface area (Å²) in [6.45, 7) is 5.19. The van der Waals surface area contributed by atoms with Gasteiger partial charge in [-0.25, -0.2) is 4.79 Å². The van der Waals surface area contributed by atoms with Gasteiger partial charge in [-0.3, -0.25) is 4.79 Å². The van der Waals surface area contributed by atoms with Gasteiger partial charge in [0.1, 0.15) is 0 Å². The zero-order valence-corrected chi connectivity index (χ0v) is 10.6. The minimum atomic E-state index is -0.767. The van der Waals surface area contributed by atoms with Gasteiger partial charge in [-0.15, -0.1) is 0 Å². The van der Waals surface area contributed by atoms with Gasteiger partial charge in [-0.2, -0.15) is 0 Å². The Kier molecular flexibility index (Phi) is 7.21. The molecule has 0 aromatic rings. The number of aliphatic carboxylic acids is 1. The Bertz CT molecular complexity index is 274. The van der Waals surface area contributed by atoms with Crippen molar-refractivity contribution in [3.05, 3.63) is 12.7 Å². The van der Waals surface area contributed by atoms with Crippen LogP contribution in [0.2, 0.25) is 0 Å². The van der Waals surface area contributed by atoms with E-state index in [-0.39, 0.29) is 6.42 Å². The van der Waals surface area contributed by atoms with Gasteiger partial charge in [-0.1, -0.05) is 6.58 Å². The van der Waals surface area contributed by atoms with Crippen LogP contribution < -0.4 is 0 Å². The van der Waals surface area contributed by atoms with E-state index in [1.54, 1.807) is 0 Å². The lowest BCUT2D eigenvalue weighted by Gasteiger charge is -2.29. The van der Waals surface area contributed by atoms with Gasteiger partial charge < -0.3 is 14.3 Å². The Morgan fingerprint density at radius 3 is 2.47 bits per heavy atom. The lowest BCUT2D eigenvalue weighted by atomic mass is 10.2. The highest BCUT2D eigenvalue weighted by Gasteiger charge is 2.16. The summed E-state index contributed by atoms with van der Waals surface area (Å²) in [6, 6.07) is 0. The lowest BCUT2D eigenvalue weighted by molar-refractivity contribution is -0.890. The molecule has 1 N–H and O–H groups in total. The number of hydrogen-bond acceptors (Lipinski definition) is 3. The fourth-order valence-electron chi connectivity index (χ4n) is 1.38. The number of ether oxygens (including phenoxy) is 1. The van der Waals surface area contributed by atoms with Crippen molar-refractivity contribution in [2.24, 2.45) is 0 Å². The maximum absolute atomic E-state index is 10.7. The van der Waals surface area contributed by atoms with Gasteiger partial charge in [0.05, 0.1) is 40.2 Å². The molecule has 0 aromatic heterocycles. The molecule has 5 nitrogen and oxygen atoms in total. The highest BCUT2D eigenvalue weighted by molar-refractivity contribution is 5.81. The molecule has 5 heteroatoms. The van der Waals surface area contributed by atoms with Crippen LogP contribution in [0, 0.1) is 0 Å². The van der Waals surface area contributed by atoms with E-state index < -0.39 is 11.9 Å². The molecule has 0 atom stereocenters. The Hall–Kier alpha value is -1.36. The molecule has 0 saturated carbocycles. The zero-order chi connectivity index (χ0) is 13.3. The van der Waals surface area contributed by atoms with Crippen molar-refractivity contribution in [2.45, 2.75) is 19.3 Å². The average molecular weight is 244 g/mol. The second kappa shape index (κ2) is 7.84. The van der Waals surface area contributed by atoms with Crippen molar-refractivity contribution >= 4 is 11.9 Å². The second-order valence-corrected chi connectivity index (χ2v) is 4.61. The monoisotopic (exact) mass is 244 g/mol. The number of carbonyl (C=O) groups is 2. The molecular weight excluding hydrogens is 222 g/mol. The molecule has 0 aliphatic heterocycles. The van der Waals surface area contributed by atoms with E-state index in [4.69, 9.17) is 9.84 Å². The number of esters is 1. The van der Waals surface area contributed by atoms with Crippen LogP contribution in [-0.4, -0.2) is 55.3 Å². The molecule has 98 valence electrons. The number of hydrogen-bond donors (Lipinski definition) is 1. The molecule has 0 saturated heterocycles. The summed E-state index contributed by atoms with van der Waals surface area (Å²) < 4.78 is 5.51. The molecule has 0 aromatic carbocycles. The van der Waals surface area contributed by atoms with Crippen molar-refractivity contribution in [3.63, 3.8) is 0 Å². The van der Waals surface area contributed by atoms with Crippen LogP contribution in [0.25, 0.3) is 0 Å². The molecule has 17 heavy (non-hydrogen) atoms. The van der Waals surface area contributed by atoms with E-state index in [0.717, 1.165) is 25.5 Å². The summed E-state index contributed by atoms with van der Waals surface area (Å²) in [5, 5.41) is 8.60. The Morgan fingerprint density at radius 2 is 1.94 bits per heavy atom. The number of nitrogens with zero attached hydrogens (tertiary/aromatic N) is 1. The summed E-state index contributed by atoms with van der Waals surface area (Å²) >= 11 is 0. The molecule has 0 fully saturated rings. The summed E-state index contributed by atoms with van der Waals surface area (Å²) in [7, 11) is 4.00. The molecular formula is C12H22NO4+. The van der Waals surface area contributed by atoms with E-state index in [1.165, 1.54) is 0 Å². The Labute approximate surface area is 102 Å². The van der Waals surface area contributed by atoms with Gasteiger partial charge in [0, 0.05) is 6.08 Å². The number of quaternary nitrogens is 1. The largest absolute Gasteiger partial charge is 0.481 e. The van der Waals surface area contributed by atoms with Crippen molar-refractivity contribution in [2.75, 3.05) is 33.8 Å². The molecule has 0 radical (unpaired) electrons. The van der Waals surface area contributed by atoms with Crippen molar-refractivity contribution < 1.29 is 23.9 Å². The molecule has 0 bridgehead atoms. The van der Waals surface area contributed by atoms with Gasteiger partial charge in [-0.05, 0) is 12.8 Å². The third-order valence-electron chi connectivity index (χ3n) is 2.50. The van der Waals surface area contributed by atoms with Gasteiger partial charge >= 0.3 is 11.9 Å². The summed E-state index contributed by atoms with van der Waals surface area (Å²) in [5.74, 6) is -1.17. The average Bonchev–Trinajstić information content (AvgIpc) is 2.25. The number of carboxylic acids is 1.